The number of rotatable bonds is 5. The van der Waals surface area contributed by atoms with Gasteiger partial charge in [-0.1, -0.05) is 25.1 Å². The summed E-state index contributed by atoms with van der Waals surface area (Å²) in [5.41, 5.74) is 6.82. The fraction of sp³-hybridized carbons (Fsp3) is 0.500. The van der Waals surface area contributed by atoms with Crippen molar-refractivity contribution in [3.63, 3.8) is 0 Å². The summed E-state index contributed by atoms with van der Waals surface area (Å²) in [5, 5.41) is 11.6. The van der Waals surface area contributed by atoms with Crippen LogP contribution in [-0.4, -0.2) is 22.1 Å². The molecule has 1 aromatic rings. The second-order valence-electron chi connectivity index (χ2n) is 4.26. The second kappa shape index (κ2) is 6.20. The lowest BCUT2D eigenvalue weighted by Crippen LogP contribution is -2.20. The highest BCUT2D eigenvalue weighted by Crippen LogP contribution is 2.12. The fourth-order valence-electron chi connectivity index (χ4n) is 1.25. The monoisotopic (exact) mass is 237 g/mol. The molecule has 0 fully saturated rings. The van der Waals surface area contributed by atoms with Crippen LogP contribution >= 0.6 is 0 Å². The SMILES string of the molecule is CC(C)C(C)OCc1cccnc1C(N)=NO. The van der Waals surface area contributed by atoms with E-state index < -0.39 is 0 Å². The molecule has 0 radical (unpaired) electrons. The van der Waals surface area contributed by atoms with Crippen molar-refractivity contribution in [2.45, 2.75) is 33.5 Å². The van der Waals surface area contributed by atoms with E-state index in [1.54, 1.807) is 12.3 Å². The standard InChI is InChI=1S/C12H19N3O2/c1-8(2)9(3)17-7-10-5-4-6-14-11(10)12(13)15-16/h4-6,8-9,16H,7H2,1-3H3,(H2,13,15). The smallest absolute Gasteiger partial charge is 0.189 e. The minimum Gasteiger partial charge on any atom is -0.409 e. The van der Waals surface area contributed by atoms with Crippen molar-refractivity contribution in [2.24, 2.45) is 16.8 Å². The van der Waals surface area contributed by atoms with E-state index >= 15 is 0 Å². The molecule has 5 nitrogen and oxygen atoms in total. The average molecular weight is 237 g/mol. The summed E-state index contributed by atoms with van der Waals surface area (Å²) in [6.07, 6.45) is 1.75. The zero-order valence-electron chi connectivity index (χ0n) is 10.4. The molecule has 5 heteroatoms. The van der Waals surface area contributed by atoms with Crippen molar-refractivity contribution < 1.29 is 9.94 Å². The van der Waals surface area contributed by atoms with Gasteiger partial charge in [-0.2, -0.15) is 0 Å². The van der Waals surface area contributed by atoms with Crippen molar-refractivity contribution in [2.75, 3.05) is 0 Å². The first kappa shape index (κ1) is 13.4. The Morgan fingerprint density at radius 1 is 1.53 bits per heavy atom. The van der Waals surface area contributed by atoms with E-state index in [9.17, 15) is 0 Å². The normalized spacial score (nSPS) is 14.0. The first-order chi connectivity index (χ1) is 8.06. The summed E-state index contributed by atoms with van der Waals surface area (Å²) >= 11 is 0. The maximum atomic E-state index is 8.66. The van der Waals surface area contributed by atoms with Gasteiger partial charge >= 0.3 is 0 Å². The summed E-state index contributed by atoms with van der Waals surface area (Å²) in [6, 6.07) is 3.65. The Balaban J connectivity index is 2.78. The van der Waals surface area contributed by atoms with E-state index in [4.69, 9.17) is 15.7 Å². The largest absolute Gasteiger partial charge is 0.409 e. The van der Waals surface area contributed by atoms with Crippen LogP contribution in [-0.2, 0) is 11.3 Å². The molecule has 17 heavy (non-hydrogen) atoms. The molecular weight excluding hydrogens is 218 g/mol. The molecule has 0 aliphatic rings. The number of aromatic nitrogens is 1. The molecule has 0 saturated heterocycles. The van der Waals surface area contributed by atoms with Crippen LogP contribution in [0.2, 0.25) is 0 Å². The van der Waals surface area contributed by atoms with Crippen LogP contribution in [0.1, 0.15) is 32.0 Å². The van der Waals surface area contributed by atoms with Gasteiger partial charge in [-0.05, 0) is 18.9 Å². The Morgan fingerprint density at radius 3 is 2.82 bits per heavy atom. The summed E-state index contributed by atoms with van der Waals surface area (Å²) in [7, 11) is 0. The van der Waals surface area contributed by atoms with E-state index in [2.05, 4.69) is 24.0 Å². The predicted molar refractivity (Wildman–Crippen MR) is 65.8 cm³/mol. The Morgan fingerprint density at radius 2 is 2.24 bits per heavy atom. The molecule has 94 valence electrons. The highest BCUT2D eigenvalue weighted by molar-refractivity contribution is 5.96. The molecule has 0 aliphatic carbocycles. The third-order valence-electron chi connectivity index (χ3n) is 2.68. The van der Waals surface area contributed by atoms with E-state index in [1.807, 2.05) is 13.0 Å². The van der Waals surface area contributed by atoms with Gasteiger partial charge in [-0.3, -0.25) is 4.98 Å². The van der Waals surface area contributed by atoms with Crippen LogP contribution in [0.4, 0.5) is 0 Å². The third-order valence-corrected chi connectivity index (χ3v) is 2.68. The molecule has 1 aromatic heterocycles. The Hall–Kier alpha value is -1.62. The van der Waals surface area contributed by atoms with E-state index in [1.165, 1.54) is 0 Å². The van der Waals surface area contributed by atoms with Gasteiger partial charge in [0.2, 0.25) is 0 Å². The number of ether oxygens (including phenoxy) is 1. The van der Waals surface area contributed by atoms with Crippen LogP contribution in [0.3, 0.4) is 0 Å². The molecule has 0 saturated carbocycles. The van der Waals surface area contributed by atoms with Crippen molar-refractivity contribution in [1.29, 1.82) is 0 Å². The molecule has 0 amide bonds. The molecule has 1 unspecified atom stereocenters. The van der Waals surface area contributed by atoms with Crippen molar-refractivity contribution in [3.8, 4) is 0 Å². The lowest BCUT2D eigenvalue weighted by atomic mass is 10.1. The molecule has 0 aromatic carbocycles. The Kier molecular flexibility index (Phi) is 4.90. The zero-order valence-corrected chi connectivity index (χ0v) is 10.4. The molecule has 1 heterocycles. The number of nitrogens with two attached hydrogens (primary N) is 1. The number of pyridine rings is 1. The maximum Gasteiger partial charge on any atom is 0.189 e. The number of hydrogen-bond donors (Lipinski definition) is 2. The molecular formula is C12H19N3O2. The van der Waals surface area contributed by atoms with Gasteiger partial charge in [-0.25, -0.2) is 0 Å². The van der Waals surface area contributed by atoms with Crippen LogP contribution in [0.15, 0.2) is 23.5 Å². The van der Waals surface area contributed by atoms with Crippen molar-refractivity contribution in [3.05, 3.63) is 29.6 Å². The maximum absolute atomic E-state index is 8.66. The Labute approximate surface area is 101 Å². The number of hydrogen-bond acceptors (Lipinski definition) is 4. The van der Waals surface area contributed by atoms with Crippen LogP contribution < -0.4 is 5.73 Å². The zero-order chi connectivity index (χ0) is 12.8. The third kappa shape index (κ3) is 3.71. The lowest BCUT2D eigenvalue weighted by Gasteiger charge is -2.17. The van der Waals surface area contributed by atoms with Gasteiger partial charge in [0.1, 0.15) is 5.69 Å². The van der Waals surface area contributed by atoms with Crippen molar-refractivity contribution in [1.82, 2.24) is 4.98 Å². The number of nitrogens with zero attached hydrogens (tertiary/aromatic N) is 2. The number of oxime groups is 1. The molecule has 0 spiro atoms. The lowest BCUT2D eigenvalue weighted by molar-refractivity contribution is 0.0233. The molecule has 0 aliphatic heterocycles. The summed E-state index contributed by atoms with van der Waals surface area (Å²) < 4.78 is 5.69. The molecule has 1 atom stereocenters. The van der Waals surface area contributed by atoms with E-state index in [0.717, 1.165) is 5.56 Å². The molecule has 0 bridgehead atoms. The van der Waals surface area contributed by atoms with Gasteiger partial charge in [0.25, 0.3) is 0 Å². The highest BCUT2D eigenvalue weighted by Gasteiger charge is 2.11. The van der Waals surface area contributed by atoms with Gasteiger partial charge in [-0.15, -0.1) is 0 Å². The summed E-state index contributed by atoms with van der Waals surface area (Å²) in [5.74, 6) is 0.445. The van der Waals surface area contributed by atoms with Crippen LogP contribution in [0.25, 0.3) is 0 Å². The highest BCUT2D eigenvalue weighted by atomic mass is 16.5. The van der Waals surface area contributed by atoms with E-state index in [-0.39, 0.29) is 11.9 Å². The summed E-state index contributed by atoms with van der Waals surface area (Å²) in [6.45, 7) is 6.61. The van der Waals surface area contributed by atoms with Crippen LogP contribution in [0.5, 0.6) is 0 Å². The summed E-state index contributed by atoms with van der Waals surface area (Å²) in [4.78, 5) is 4.08. The Bertz CT molecular complexity index is 391. The van der Waals surface area contributed by atoms with E-state index in [0.29, 0.717) is 18.2 Å². The minimum atomic E-state index is 0.00130. The van der Waals surface area contributed by atoms with Gasteiger partial charge in [0, 0.05) is 11.8 Å². The molecule has 3 N–H and O–H groups in total. The first-order valence-electron chi connectivity index (χ1n) is 5.59. The van der Waals surface area contributed by atoms with Crippen molar-refractivity contribution >= 4 is 5.84 Å². The fourth-order valence-corrected chi connectivity index (χ4v) is 1.25. The van der Waals surface area contributed by atoms with Gasteiger partial charge in [0.05, 0.1) is 12.7 Å². The molecule has 1 rings (SSSR count). The van der Waals surface area contributed by atoms with Crippen LogP contribution in [0, 0.1) is 5.92 Å². The quantitative estimate of drug-likeness (QED) is 0.354. The minimum absolute atomic E-state index is 0.00130. The van der Waals surface area contributed by atoms with Gasteiger partial charge in [0.15, 0.2) is 5.84 Å². The number of amidine groups is 1. The first-order valence-corrected chi connectivity index (χ1v) is 5.59. The second-order valence-corrected chi connectivity index (χ2v) is 4.26. The average Bonchev–Trinajstić information content (AvgIpc) is 2.35. The predicted octanol–water partition coefficient (Wildman–Crippen LogP) is 1.74. The van der Waals surface area contributed by atoms with Gasteiger partial charge < -0.3 is 15.7 Å². The topological polar surface area (TPSA) is 80.7 Å².